The zero-order valence-electron chi connectivity index (χ0n) is 9.21. The van der Waals surface area contributed by atoms with Crippen molar-refractivity contribution in [2.75, 3.05) is 6.54 Å². The van der Waals surface area contributed by atoms with Gasteiger partial charge in [-0.25, -0.2) is 4.39 Å². The second-order valence-corrected chi connectivity index (χ2v) is 4.50. The molecule has 3 nitrogen and oxygen atoms in total. The lowest BCUT2D eigenvalue weighted by Crippen LogP contribution is -2.51. The van der Waals surface area contributed by atoms with Gasteiger partial charge >= 0.3 is 5.97 Å². The lowest BCUT2D eigenvalue weighted by molar-refractivity contribution is -0.158. The van der Waals surface area contributed by atoms with Gasteiger partial charge in [-0.1, -0.05) is 19.3 Å². The molecule has 2 unspecified atom stereocenters. The molecule has 88 valence electrons. The summed E-state index contributed by atoms with van der Waals surface area (Å²) in [5, 5.41) is 9.23. The van der Waals surface area contributed by atoms with E-state index in [0.717, 1.165) is 32.1 Å². The highest BCUT2D eigenvalue weighted by Crippen LogP contribution is 2.42. The van der Waals surface area contributed by atoms with E-state index in [9.17, 15) is 14.3 Å². The summed E-state index contributed by atoms with van der Waals surface area (Å²) in [5.41, 5.74) is 4.16. The van der Waals surface area contributed by atoms with E-state index in [1.165, 1.54) is 6.92 Å². The number of hydrogen-bond acceptors (Lipinski definition) is 2. The molecule has 4 heteroatoms. The maximum atomic E-state index is 13.6. The van der Waals surface area contributed by atoms with Crippen LogP contribution < -0.4 is 5.73 Å². The van der Waals surface area contributed by atoms with Crippen molar-refractivity contribution in [2.45, 2.75) is 45.2 Å². The largest absolute Gasteiger partial charge is 0.481 e. The van der Waals surface area contributed by atoms with Gasteiger partial charge < -0.3 is 10.8 Å². The Bertz CT molecular complexity index is 227. The van der Waals surface area contributed by atoms with Gasteiger partial charge in [0.25, 0.3) is 0 Å². The van der Waals surface area contributed by atoms with Gasteiger partial charge in [0.05, 0.1) is 0 Å². The number of hydrogen-bond donors (Lipinski definition) is 2. The number of carbonyl (C=O) groups is 1. The van der Waals surface area contributed by atoms with Crippen LogP contribution in [-0.4, -0.2) is 23.8 Å². The number of carboxylic acids is 1. The third kappa shape index (κ3) is 2.14. The lowest BCUT2D eigenvalue weighted by atomic mass is 9.66. The van der Waals surface area contributed by atoms with Crippen LogP contribution in [0.1, 0.15) is 39.0 Å². The molecular weight excluding hydrogens is 197 g/mol. The molecular formula is C11H20FNO2. The van der Waals surface area contributed by atoms with Gasteiger partial charge in [0.2, 0.25) is 0 Å². The minimum atomic E-state index is -1.39. The molecule has 0 spiro atoms. The van der Waals surface area contributed by atoms with Gasteiger partial charge in [0, 0.05) is 6.54 Å². The number of aliphatic carboxylic acids is 1. The van der Waals surface area contributed by atoms with Crippen LogP contribution in [0.4, 0.5) is 4.39 Å². The monoisotopic (exact) mass is 217 g/mol. The van der Waals surface area contributed by atoms with Crippen molar-refractivity contribution in [2.24, 2.45) is 17.1 Å². The molecule has 0 aliphatic heterocycles. The smallest absolute Gasteiger partial charge is 0.314 e. The van der Waals surface area contributed by atoms with Gasteiger partial charge in [-0.05, 0) is 25.7 Å². The van der Waals surface area contributed by atoms with Crippen LogP contribution in [0.2, 0.25) is 0 Å². The quantitative estimate of drug-likeness (QED) is 0.756. The highest BCUT2D eigenvalue weighted by atomic mass is 19.1. The molecule has 0 heterocycles. The molecule has 3 N–H and O–H groups in total. The Kier molecular flexibility index (Phi) is 4.08. The molecule has 0 saturated heterocycles. The fourth-order valence-electron chi connectivity index (χ4n) is 2.70. The SMILES string of the molecule is CC(F)C(CN)(C(=O)O)C1CCCCC1. The molecule has 15 heavy (non-hydrogen) atoms. The summed E-state index contributed by atoms with van der Waals surface area (Å²) in [5.74, 6) is -1.18. The average Bonchev–Trinajstić information content (AvgIpc) is 2.20. The van der Waals surface area contributed by atoms with Gasteiger partial charge in [-0.15, -0.1) is 0 Å². The summed E-state index contributed by atoms with van der Waals surface area (Å²) in [6.07, 6.45) is 3.30. The third-order valence-corrected chi connectivity index (χ3v) is 3.78. The van der Waals surface area contributed by atoms with Crippen molar-refractivity contribution in [3.8, 4) is 0 Å². The summed E-state index contributed by atoms with van der Waals surface area (Å²) < 4.78 is 13.6. The van der Waals surface area contributed by atoms with E-state index in [0.29, 0.717) is 0 Å². The van der Waals surface area contributed by atoms with E-state index in [1.54, 1.807) is 0 Å². The molecule has 1 fully saturated rings. The van der Waals surface area contributed by atoms with Crippen molar-refractivity contribution >= 4 is 5.97 Å². The minimum Gasteiger partial charge on any atom is -0.481 e. The van der Waals surface area contributed by atoms with Crippen LogP contribution in [0.25, 0.3) is 0 Å². The zero-order valence-corrected chi connectivity index (χ0v) is 9.21. The van der Waals surface area contributed by atoms with Gasteiger partial charge in [0.1, 0.15) is 11.6 Å². The fourth-order valence-corrected chi connectivity index (χ4v) is 2.70. The fraction of sp³-hybridized carbons (Fsp3) is 0.909. The van der Waals surface area contributed by atoms with Gasteiger partial charge in [-0.2, -0.15) is 0 Å². The van der Waals surface area contributed by atoms with Gasteiger partial charge in [-0.3, -0.25) is 4.79 Å². The molecule has 0 aromatic heterocycles. The molecule has 2 atom stereocenters. The maximum absolute atomic E-state index is 13.6. The predicted molar refractivity (Wildman–Crippen MR) is 56.3 cm³/mol. The molecule has 1 aliphatic rings. The number of nitrogens with two attached hydrogens (primary N) is 1. The predicted octanol–water partition coefficient (Wildman–Crippen LogP) is 1.95. The Labute approximate surface area is 89.8 Å². The first-order valence-electron chi connectivity index (χ1n) is 5.63. The molecule has 0 amide bonds. The normalized spacial score (nSPS) is 24.5. The van der Waals surface area contributed by atoms with Crippen molar-refractivity contribution in [1.29, 1.82) is 0 Å². The second-order valence-electron chi connectivity index (χ2n) is 4.50. The lowest BCUT2D eigenvalue weighted by Gasteiger charge is -2.39. The van der Waals surface area contributed by atoms with Crippen LogP contribution in [0.3, 0.4) is 0 Å². The number of alkyl halides is 1. The first-order chi connectivity index (χ1) is 7.05. The molecule has 1 saturated carbocycles. The first-order valence-corrected chi connectivity index (χ1v) is 5.63. The van der Waals surface area contributed by atoms with E-state index < -0.39 is 17.6 Å². The zero-order chi connectivity index (χ0) is 11.5. The molecule has 0 aromatic carbocycles. The van der Waals surface area contributed by atoms with Crippen LogP contribution in [0.5, 0.6) is 0 Å². The Morgan fingerprint density at radius 1 is 1.53 bits per heavy atom. The molecule has 0 radical (unpaired) electrons. The minimum absolute atomic E-state index is 0.103. The standard InChI is InChI=1S/C11H20FNO2/c1-8(12)11(7-13,10(14)15)9-5-3-2-4-6-9/h8-9H,2-7,13H2,1H3,(H,14,15). The van der Waals surface area contributed by atoms with E-state index in [1.807, 2.05) is 0 Å². The van der Waals surface area contributed by atoms with E-state index in [-0.39, 0.29) is 12.5 Å². The van der Waals surface area contributed by atoms with Crippen molar-refractivity contribution in [3.05, 3.63) is 0 Å². The summed E-state index contributed by atoms with van der Waals surface area (Å²) >= 11 is 0. The second kappa shape index (κ2) is 4.92. The van der Waals surface area contributed by atoms with E-state index in [2.05, 4.69) is 0 Å². The summed E-state index contributed by atoms with van der Waals surface area (Å²) in [6, 6.07) is 0. The average molecular weight is 217 g/mol. The Hall–Kier alpha value is -0.640. The number of rotatable bonds is 4. The summed E-state index contributed by atoms with van der Waals surface area (Å²) in [7, 11) is 0. The number of carboxylic acid groups (broad SMARTS) is 1. The highest BCUT2D eigenvalue weighted by molar-refractivity contribution is 5.76. The summed E-state index contributed by atoms with van der Waals surface area (Å²) in [6.45, 7) is 1.21. The van der Waals surface area contributed by atoms with Crippen molar-refractivity contribution < 1.29 is 14.3 Å². The molecule has 0 aromatic rings. The maximum Gasteiger partial charge on any atom is 0.314 e. The Morgan fingerprint density at radius 2 is 2.07 bits per heavy atom. The van der Waals surface area contributed by atoms with Crippen LogP contribution >= 0.6 is 0 Å². The number of halogens is 1. The van der Waals surface area contributed by atoms with Crippen LogP contribution in [-0.2, 0) is 4.79 Å². The van der Waals surface area contributed by atoms with Crippen LogP contribution in [0.15, 0.2) is 0 Å². The van der Waals surface area contributed by atoms with E-state index in [4.69, 9.17) is 5.73 Å². The Balaban J connectivity index is 2.91. The molecule has 1 rings (SSSR count). The van der Waals surface area contributed by atoms with E-state index >= 15 is 0 Å². The van der Waals surface area contributed by atoms with Gasteiger partial charge in [0.15, 0.2) is 0 Å². The third-order valence-electron chi connectivity index (χ3n) is 3.78. The topological polar surface area (TPSA) is 63.3 Å². The van der Waals surface area contributed by atoms with Crippen molar-refractivity contribution in [1.82, 2.24) is 0 Å². The van der Waals surface area contributed by atoms with Crippen LogP contribution in [0, 0.1) is 11.3 Å². The molecule has 0 bridgehead atoms. The molecule has 1 aliphatic carbocycles. The Morgan fingerprint density at radius 3 is 2.40 bits per heavy atom. The van der Waals surface area contributed by atoms with Crippen molar-refractivity contribution in [3.63, 3.8) is 0 Å². The highest BCUT2D eigenvalue weighted by Gasteiger charge is 2.49. The summed E-state index contributed by atoms with van der Waals surface area (Å²) in [4.78, 5) is 11.3. The first kappa shape index (κ1) is 12.4.